The number of nitrogens with two attached hydrogens (primary N) is 1. The average molecular weight is 1160 g/mol. The standard InChI is InChI=1S/C49H72N14O19/c50-14-3-1-7-28(56-48(79)34(24-65)60-49(80)35-13-16-51-42-32(55-39(70)11-12-41(72)73)19-27-20-37(68)38(69)21-36(27)63(35)42)43(74)53-22-40(71)54-29(9-5-17-61(81)25-66)45(76)57-30-8-2-4-15-52-44(75)33(23-64)59-47(78)31(58-46(30)77)10-6-18-62(82)26-67/h19-21,25-26,28-31,33-35,51,64-65,68,81-82H,1-18,22-24,50H2,(H,52,75)(H,53,74)(H,54,71)(H,55,70)(H,56,79)(H,57,76)(H,58,77)(H,59,78)(H,60,80)(H,72,73). The van der Waals surface area contributed by atoms with Gasteiger partial charge in [0.15, 0.2) is 5.75 Å². The summed E-state index contributed by atoms with van der Waals surface area (Å²) < 4.78 is 1.34. The molecule has 0 aromatic carbocycles. The molecule has 4 rings (SSSR count). The third kappa shape index (κ3) is 20.2. The number of phenols is 1. The van der Waals surface area contributed by atoms with Crippen molar-refractivity contribution < 1.29 is 88.4 Å². The number of aromatic nitrogens is 1. The zero-order chi connectivity index (χ0) is 60.5. The molecular formula is C49H72N14O19. The van der Waals surface area contributed by atoms with E-state index in [9.17, 15) is 88.1 Å². The third-order valence-corrected chi connectivity index (χ3v) is 13.1. The monoisotopic (exact) mass is 1160 g/mol. The van der Waals surface area contributed by atoms with Crippen molar-refractivity contribution in [2.24, 2.45) is 5.73 Å². The zero-order valence-electron chi connectivity index (χ0n) is 44.7. The van der Waals surface area contributed by atoms with E-state index in [-0.39, 0.29) is 138 Å². The van der Waals surface area contributed by atoms with Crippen LogP contribution >= 0.6 is 0 Å². The van der Waals surface area contributed by atoms with Gasteiger partial charge in [0, 0.05) is 44.2 Å². The highest BCUT2D eigenvalue weighted by atomic mass is 16.5. The Labute approximate surface area is 468 Å². The number of unbranched alkanes of at least 4 members (excludes halogenated alkanes) is 1. The number of anilines is 2. The number of hydroxylamine groups is 4. The maximum absolute atomic E-state index is 14.1. The summed E-state index contributed by atoms with van der Waals surface area (Å²) in [7, 11) is 0. The highest BCUT2D eigenvalue weighted by Crippen LogP contribution is 2.39. The Kier molecular flexibility index (Phi) is 26.8. The number of carbonyl (C=O) groups excluding carboxylic acids is 11. The number of hydrogen-bond acceptors (Lipinski definition) is 20. The normalized spacial score (nSPS) is 18.4. The summed E-state index contributed by atoms with van der Waals surface area (Å²) in [5.41, 5.74) is 5.21. The molecule has 1 saturated heterocycles. The van der Waals surface area contributed by atoms with Gasteiger partial charge in [-0.15, -0.1) is 0 Å². The highest BCUT2D eigenvalue weighted by molar-refractivity contribution is 5.99. The summed E-state index contributed by atoms with van der Waals surface area (Å²) >= 11 is 0. The number of rotatable bonds is 30. The molecule has 7 atom stereocenters. The first-order chi connectivity index (χ1) is 39.1. The smallest absolute Gasteiger partial charge is 0.303 e. The molecule has 0 saturated carbocycles. The van der Waals surface area contributed by atoms with Crippen LogP contribution in [0.3, 0.4) is 0 Å². The quantitative estimate of drug-likeness (QED) is 0.0150. The number of aliphatic hydroxyl groups excluding tert-OH is 2. The van der Waals surface area contributed by atoms with E-state index in [2.05, 4.69) is 53.2 Å². The number of fused-ring (bicyclic) bond motifs is 3. The van der Waals surface area contributed by atoms with Crippen molar-refractivity contribution in [3.8, 4) is 17.0 Å². The van der Waals surface area contributed by atoms with Crippen LogP contribution in [-0.2, 0) is 57.5 Å². The summed E-state index contributed by atoms with van der Waals surface area (Å²) in [5.74, 6) is -9.83. The molecule has 0 bridgehead atoms. The van der Waals surface area contributed by atoms with E-state index >= 15 is 0 Å². The van der Waals surface area contributed by atoms with E-state index in [1.54, 1.807) is 0 Å². The van der Waals surface area contributed by atoms with Crippen LogP contribution in [0.25, 0.3) is 11.3 Å². The third-order valence-electron chi connectivity index (χ3n) is 13.1. The van der Waals surface area contributed by atoms with Crippen LogP contribution in [-0.4, -0.2) is 206 Å². The Balaban J connectivity index is 1.50. The lowest BCUT2D eigenvalue weighted by Gasteiger charge is -2.34. The Morgan fingerprint density at radius 3 is 2.09 bits per heavy atom. The molecule has 3 heterocycles. The van der Waals surface area contributed by atoms with Crippen LogP contribution in [0, 0.1) is 0 Å². The summed E-state index contributed by atoms with van der Waals surface area (Å²) in [5, 5.41) is 84.8. The number of phenolic OH excluding ortho intramolecular Hbond substituents is 1. The molecule has 3 aliphatic heterocycles. The van der Waals surface area contributed by atoms with E-state index in [1.807, 2.05) is 0 Å². The second kappa shape index (κ2) is 33.3. The number of hydrogen-bond donors (Lipinski definition) is 17. The number of nitrogens with zero attached hydrogens (tertiary/aromatic N) is 3. The van der Waals surface area contributed by atoms with Gasteiger partial charge in [-0.25, -0.2) is 10.1 Å². The minimum atomic E-state index is -1.72. The SMILES string of the molecule is NCCCCC(NC(=O)C(CO)NC(=O)C1CCNc2c(NC(=O)CCC(=O)O)cc3cc(O)c(=O)cc-3n21)C(=O)NCC(=O)NC(CCCN(O)C=O)C(=O)NC1CCCCNC(=O)C(CO)NC(=O)C(CCCN(O)C=O)NC1=O. The van der Waals surface area contributed by atoms with Crippen LogP contribution in [0.2, 0.25) is 0 Å². The predicted molar refractivity (Wildman–Crippen MR) is 283 cm³/mol. The van der Waals surface area contributed by atoms with Crippen molar-refractivity contribution >= 4 is 83.5 Å². The number of carboxylic acids is 1. The summed E-state index contributed by atoms with van der Waals surface area (Å²) in [4.78, 5) is 168. The lowest BCUT2D eigenvalue weighted by Crippen LogP contribution is -2.59. The molecule has 1 aliphatic carbocycles. The van der Waals surface area contributed by atoms with Gasteiger partial charge >= 0.3 is 5.97 Å². The van der Waals surface area contributed by atoms with Crippen LogP contribution in [0.1, 0.15) is 89.5 Å². The maximum Gasteiger partial charge on any atom is 0.303 e. The predicted octanol–water partition coefficient (Wildman–Crippen LogP) is -5.49. The maximum atomic E-state index is 14.1. The Morgan fingerprint density at radius 2 is 1.41 bits per heavy atom. The van der Waals surface area contributed by atoms with Crippen molar-refractivity contribution in [2.75, 3.05) is 63.1 Å². The van der Waals surface area contributed by atoms with Gasteiger partial charge in [-0.2, -0.15) is 0 Å². The highest BCUT2D eigenvalue weighted by Gasteiger charge is 2.36. The van der Waals surface area contributed by atoms with Crippen LogP contribution < -0.4 is 64.3 Å². The number of aliphatic carboxylic acids is 1. The van der Waals surface area contributed by atoms with Crippen LogP contribution in [0.15, 0.2) is 23.0 Å². The number of amides is 11. The Hall–Kier alpha value is -8.53. The van der Waals surface area contributed by atoms with Crippen molar-refractivity contribution in [2.45, 2.75) is 126 Å². The zero-order valence-corrected chi connectivity index (χ0v) is 44.7. The molecule has 7 unspecified atom stereocenters. The fraction of sp³-hybridized carbons (Fsp3) is 0.571. The molecule has 0 aromatic heterocycles. The molecule has 18 N–H and O–H groups in total. The first kappa shape index (κ1) is 66.0. The van der Waals surface area contributed by atoms with Gasteiger partial charge in [-0.3, -0.25) is 72.7 Å². The molecule has 0 aromatic rings. The molecule has 452 valence electrons. The van der Waals surface area contributed by atoms with E-state index in [0.717, 1.165) is 12.1 Å². The number of pyridine rings is 1. The van der Waals surface area contributed by atoms with Gasteiger partial charge in [0.05, 0.1) is 37.6 Å². The summed E-state index contributed by atoms with van der Waals surface area (Å²) in [6, 6.07) is -6.56. The number of carbonyl (C=O) groups is 12. The van der Waals surface area contributed by atoms with Gasteiger partial charge in [0.1, 0.15) is 48.1 Å². The number of aromatic hydroxyl groups is 1. The molecule has 1 fully saturated rings. The molecule has 33 nitrogen and oxygen atoms in total. The van der Waals surface area contributed by atoms with Crippen molar-refractivity contribution in [1.29, 1.82) is 0 Å². The number of benzene rings is 1. The van der Waals surface area contributed by atoms with Crippen LogP contribution in [0.5, 0.6) is 5.75 Å². The van der Waals surface area contributed by atoms with E-state index in [1.165, 1.54) is 10.6 Å². The number of carboxylic acid groups (broad SMARTS) is 1. The molecule has 82 heavy (non-hydrogen) atoms. The second-order valence-corrected chi connectivity index (χ2v) is 19.2. The first-order valence-corrected chi connectivity index (χ1v) is 26.4. The number of aliphatic hydroxyl groups is 2. The Bertz CT molecular complexity index is 2640. The lowest BCUT2D eigenvalue weighted by atomic mass is 10.0. The fourth-order valence-electron chi connectivity index (χ4n) is 8.79. The van der Waals surface area contributed by atoms with Crippen molar-refractivity contribution in [3.63, 3.8) is 0 Å². The molecule has 0 spiro atoms. The molecule has 0 radical (unpaired) electrons. The van der Waals surface area contributed by atoms with E-state index in [4.69, 9.17) is 10.8 Å². The molecule has 4 aliphatic rings. The van der Waals surface area contributed by atoms with Gasteiger partial charge in [0.25, 0.3) is 0 Å². The largest absolute Gasteiger partial charge is 0.504 e. The van der Waals surface area contributed by atoms with E-state index < -0.39 is 145 Å². The number of nitrogens with one attached hydrogen (secondary N) is 10. The van der Waals surface area contributed by atoms with Crippen LogP contribution in [0.4, 0.5) is 11.5 Å². The Morgan fingerprint density at radius 1 is 0.732 bits per heavy atom. The first-order valence-electron chi connectivity index (χ1n) is 26.4. The van der Waals surface area contributed by atoms with E-state index in [0.29, 0.717) is 11.5 Å². The van der Waals surface area contributed by atoms with Gasteiger partial charge in [-0.1, -0.05) is 0 Å². The summed E-state index contributed by atoms with van der Waals surface area (Å²) in [6.07, 6.45) is -0.384. The average Bonchev–Trinajstić information content (AvgIpc) is 1.58. The van der Waals surface area contributed by atoms with Gasteiger partial charge < -0.3 is 83.9 Å². The fourth-order valence-corrected chi connectivity index (χ4v) is 8.79. The minimum Gasteiger partial charge on any atom is -0.504 e. The molecular weight excluding hydrogens is 1090 g/mol. The minimum absolute atomic E-state index is 0.0134. The molecule has 33 heteroatoms. The van der Waals surface area contributed by atoms with Crippen molar-refractivity contribution in [1.82, 2.24) is 57.2 Å². The van der Waals surface area contributed by atoms with Gasteiger partial charge in [0.2, 0.25) is 71.4 Å². The lowest BCUT2D eigenvalue weighted by molar-refractivity contribution is -0.150. The second-order valence-electron chi connectivity index (χ2n) is 19.2. The molecule has 11 amide bonds. The van der Waals surface area contributed by atoms with Gasteiger partial charge in [-0.05, 0) is 89.3 Å². The topological polar surface area (TPSA) is 501 Å². The summed E-state index contributed by atoms with van der Waals surface area (Å²) in [6.45, 7) is -2.89. The van der Waals surface area contributed by atoms with Crippen molar-refractivity contribution in [3.05, 3.63) is 28.4 Å².